The number of nitrogens with zero attached hydrogens (tertiary/aromatic N) is 2. The average molecular weight is 477 g/mol. The number of amides is 2. The van der Waals surface area contributed by atoms with Crippen LogP contribution in [0.1, 0.15) is 33.6 Å². The van der Waals surface area contributed by atoms with Gasteiger partial charge in [0.1, 0.15) is 11.5 Å². The van der Waals surface area contributed by atoms with E-state index in [0.717, 1.165) is 34.9 Å². The third kappa shape index (κ3) is 3.98. The highest BCUT2D eigenvalue weighted by atomic mass is 32.2. The first-order chi connectivity index (χ1) is 16.5. The molecule has 0 N–H and O–H groups in total. The molecule has 6 nitrogen and oxygen atoms in total. The van der Waals surface area contributed by atoms with Crippen molar-refractivity contribution in [3.05, 3.63) is 71.8 Å². The Labute approximate surface area is 203 Å². The molecule has 0 bridgehead atoms. The van der Waals surface area contributed by atoms with E-state index in [0.29, 0.717) is 36.7 Å². The summed E-state index contributed by atoms with van der Waals surface area (Å²) in [5, 5.41) is 2.05. The van der Waals surface area contributed by atoms with Crippen molar-refractivity contribution in [1.29, 1.82) is 0 Å². The normalized spacial score (nSPS) is 17.2. The Hall–Kier alpha value is -3.19. The van der Waals surface area contributed by atoms with E-state index in [2.05, 4.69) is 0 Å². The zero-order chi connectivity index (χ0) is 23.7. The molecule has 2 fully saturated rings. The van der Waals surface area contributed by atoms with Crippen molar-refractivity contribution >= 4 is 34.3 Å². The van der Waals surface area contributed by atoms with E-state index in [1.807, 2.05) is 64.0 Å². The number of thioether (sulfide) groups is 1. The van der Waals surface area contributed by atoms with Crippen molar-refractivity contribution in [3.8, 4) is 11.5 Å². The van der Waals surface area contributed by atoms with Crippen molar-refractivity contribution in [1.82, 2.24) is 9.80 Å². The fraction of sp³-hybridized carbons (Fsp3) is 0.333. The maximum Gasteiger partial charge on any atom is 0.255 e. The van der Waals surface area contributed by atoms with Crippen molar-refractivity contribution in [2.75, 3.05) is 39.6 Å². The van der Waals surface area contributed by atoms with Gasteiger partial charge >= 0.3 is 0 Å². The van der Waals surface area contributed by atoms with E-state index in [-0.39, 0.29) is 16.7 Å². The molecule has 0 radical (unpaired) electrons. The minimum absolute atomic E-state index is 0.0176. The molecular weight excluding hydrogens is 448 g/mol. The van der Waals surface area contributed by atoms with E-state index in [1.165, 1.54) is 0 Å². The second-order valence-corrected chi connectivity index (χ2v) is 10.1. The number of rotatable bonds is 4. The van der Waals surface area contributed by atoms with E-state index in [4.69, 9.17) is 9.47 Å². The molecular formula is C27H28N2O4S. The van der Waals surface area contributed by atoms with Crippen molar-refractivity contribution in [3.63, 3.8) is 0 Å². The van der Waals surface area contributed by atoms with Gasteiger partial charge in [-0.1, -0.05) is 36.4 Å². The van der Waals surface area contributed by atoms with Crippen LogP contribution >= 0.6 is 11.8 Å². The topological polar surface area (TPSA) is 59.1 Å². The van der Waals surface area contributed by atoms with Gasteiger partial charge in [-0.25, -0.2) is 0 Å². The molecule has 7 heteroatoms. The molecule has 0 aliphatic carbocycles. The molecule has 1 spiro atoms. The Balaban J connectivity index is 1.34. The summed E-state index contributed by atoms with van der Waals surface area (Å²) in [5.41, 5.74) is 1.30. The molecule has 3 aromatic rings. The number of carbonyl (C=O) groups excluding carboxylic acids is 2. The molecule has 0 atom stereocenters. The standard InChI is InChI=1S/C27H28N2O4S/c1-32-21-16-20(17-22(18-21)33-2)25(30)29-14-15-34-27(29)10-12-28(13-11-27)26(31)24-9-5-7-19-6-3-4-8-23(19)24/h3-9,16-18H,10-15H2,1-2H3. The Morgan fingerprint density at radius 3 is 2.24 bits per heavy atom. The fourth-order valence-corrected chi connectivity index (χ4v) is 6.49. The lowest BCUT2D eigenvalue weighted by Crippen LogP contribution is -2.53. The first-order valence-electron chi connectivity index (χ1n) is 11.5. The number of hydrogen-bond acceptors (Lipinski definition) is 5. The predicted molar refractivity (Wildman–Crippen MR) is 135 cm³/mol. The van der Waals surface area contributed by atoms with Crippen molar-refractivity contribution in [2.24, 2.45) is 0 Å². The summed E-state index contributed by atoms with van der Waals surface area (Å²) in [7, 11) is 3.16. The van der Waals surface area contributed by atoms with Crippen LogP contribution in [-0.4, -0.2) is 66.1 Å². The minimum Gasteiger partial charge on any atom is -0.497 e. The van der Waals surface area contributed by atoms with Crippen LogP contribution in [0.25, 0.3) is 10.8 Å². The molecule has 176 valence electrons. The molecule has 0 aromatic heterocycles. The number of hydrogen-bond donors (Lipinski definition) is 0. The molecule has 2 amide bonds. The van der Waals surface area contributed by atoms with E-state index in [9.17, 15) is 9.59 Å². The van der Waals surface area contributed by atoms with Crippen LogP contribution in [0, 0.1) is 0 Å². The van der Waals surface area contributed by atoms with Crippen LogP contribution in [0.3, 0.4) is 0 Å². The van der Waals surface area contributed by atoms with Gasteiger partial charge in [0.2, 0.25) is 0 Å². The molecule has 34 heavy (non-hydrogen) atoms. The van der Waals surface area contributed by atoms with Gasteiger partial charge in [0, 0.05) is 42.6 Å². The second kappa shape index (κ2) is 9.22. The highest BCUT2D eigenvalue weighted by molar-refractivity contribution is 8.00. The highest BCUT2D eigenvalue weighted by Crippen LogP contribution is 2.45. The SMILES string of the molecule is COc1cc(OC)cc(C(=O)N2CCSC23CCN(C(=O)c2cccc4ccccc24)CC3)c1. The van der Waals surface area contributed by atoms with Gasteiger partial charge in [-0.2, -0.15) is 0 Å². The maximum atomic E-state index is 13.6. The number of piperidine rings is 1. The van der Waals surface area contributed by atoms with Crippen molar-refractivity contribution < 1.29 is 19.1 Å². The number of carbonyl (C=O) groups is 2. The molecule has 2 aliphatic rings. The van der Waals surface area contributed by atoms with Crippen LogP contribution in [-0.2, 0) is 0 Å². The van der Waals surface area contributed by atoms with E-state index < -0.39 is 0 Å². The van der Waals surface area contributed by atoms with Gasteiger partial charge in [0.05, 0.1) is 19.1 Å². The molecule has 0 saturated carbocycles. The van der Waals surface area contributed by atoms with Gasteiger partial charge in [0.15, 0.2) is 0 Å². The van der Waals surface area contributed by atoms with Crippen LogP contribution in [0.4, 0.5) is 0 Å². The van der Waals surface area contributed by atoms with E-state index >= 15 is 0 Å². The van der Waals surface area contributed by atoms with Gasteiger partial charge < -0.3 is 19.3 Å². The highest BCUT2D eigenvalue weighted by Gasteiger charge is 2.47. The Bertz CT molecular complexity index is 1210. The number of ether oxygens (including phenoxy) is 2. The zero-order valence-electron chi connectivity index (χ0n) is 19.5. The van der Waals surface area contributed by atoms with Gasteiger partial charge in [-0.3, -0.25) is 9.59 Å². The second-order valence-electron chi connectivity index (χ2n) is 8.67. The summed E-state index contributed by atoms with van der Waals surface area (Å²) in [6.07, 6.45) is 1.50. The number of fused-ring (bicyclic) bond motifs is 1. The van der Waals surface area contributed by atoms with Gasteiger partial charge in [0.25, 0.3) is 11.8 Å². The average Bonchev–Trinajstić information content (AvgIpc) is 3.30. The molecule has 2 aliphatic heterocycles. The maximum absolute atomic E-state index is 13.6. The van der Waals surface area contributed by atoms with Crippen LogP contribution in [0.5, 0.6) is 11.5 Å². The van der Waals surface area contributed by atoms with Crippen LogP contribution in [0.15, 0.2) is 60.7 Å². The van der Waals surface area contributed by atoms with Gasteiger partial charge in [-0.05, 0) is 41.8 Å². The van der Waals surface area contributed by atoms with Crippen LogP contribution < -0.4 is 9.47 Å². The molecule has 2 saturated heterocycles. The monoisotopic (exact) mass is 476 g/mol. The predicted octanol–water partition coefficient (Wildman–Crippen LogP) is 4.68. The molecule has 2 heterocycles. The first-order valence-corrected chi connectivity index (χ1v) is 12.5. The smallest absolute Gasteiger partial charge is 0.255 e. The summed E-state index contributed by atoms with van der Waals surface area (Å²) >= 11 is 1.83. The molecule has 0 unspecified atom stereocenters. The Kier molecular flexibility index (Phi) is 6.13. The number of benzene rings is 3. The summed E-state index contributed by atoms with van der Waals surface area (Å²) in [4.78, 5) is 30.6. The van der Waals surface area contributed by atoms with Gasteiger partial charge in [-0.15, -0.1) is 11.8 Å². The van der Waals surface area contributed by atoms with Crippen LogP contribution in [0.2, 0.25) is 0 Å². The largest absolute Gasteiger partial charge is 0.497 e. The minimum atomic E-state index is -0.289. The third-order valence-corrected chi connectivity index (χ3v) is 8.43. The number of methoxy groups -OCH3 is 2. The van der Waals surface area contributed by atoms with E-state index in [1.54, 1.807) is 32.4 Å². The zero-order valence-corrected chi connectivity index (χ0v) is 20.3. The lowest BCUT2D eigenvalue weighted by Gasteiger charge is -2.44. The quantitative estimate of drug-likeness (QED) is 0.547. The summed E-state index contributed by atoms with van der Waals surface area (Å²) in [6, 6.07) is 19.2. The molecule has 3 aromatic carbocycles. The third-order valence-electron chi connectivity index (χ3n) is 6.87. The lowest BCUT2D eigenvalue weighted by atomic mass is 9.98. The lowest BCUT2D eigenvalue weighted by molar-refractivity contribution is 0.0498. The summed E-state index contributed by atoms with van der Waals surface area (Å²) in [5.74, 6) is 2.13. The summed E-state index contributed by atoms with van der Waals surface area (Å²) in [6.45, 7) is 1.95. The number of likely N-dealkylation sites (tertiary alicyclic amines) is 1. The first kappa shape index (κ1) is 22.6. The Morgan fingerprint density at radius 1 is 0.853 bits per heavy atom. The van der Waals surface area contributed by atoms with Crippen molar-refractivity contribution in [2.45, 2.75) is 17.7 Å². The Morgan fingerprint density at radius 2 is 1.53 bits per heavy atom. The summed E-state index contributed by atoms with van der Waals surface area (Å²) < 4.78 is 10.7. The fourth-order valence-electron chi connectivity index (χ4n) is 5.04. The molecule has 5 rings (SSSR count).